The summed E-state index contributed by atoms with van der Waals surface area (Å²) >= 11 is 3.12. The minimum Gasteiger partial charge on any atom is -0.504 e. The molecule has 0 heterocycles. The third kappa shape index (κ3) is 2.60. The second kappa shape index (κ2) is 4.81. The van der Waals surface area contributed by atoms with Gasteiger partial charge in [0.2, 0.25) is 0 Å². The maximum Gasteiger partial charge on any atom is 0.196 e. The zero-order valence-electron chi connectivity index (χ0n) is 8.42. The highest BCUT2D eigenvalue weighted by molar-refractivity contribution is 9.10. The SMILES string of the molecule is COc1c(O)cc(Br)c(CC(C)O)c1F. The van der Waals surface area contributed by atoms with Crippen LogP contribution >= 0.6 is 15.9 Å². The number of hydrogen-bond donors (Lipinski definition) is 2. The smallest absolute Gasteiger partial charge is 0.196 e. The Hall–Kier alpha value is -0.810. The van der Waals surface area contributed by atoms with E-state index in [0.717, 1.165) is 0 Å². The first-order chi connectivity index (χ1) is 6.97. The Morgan fingerprint density at radius 2 is 2.20 bits per heavy atom. The van der Waals surface area contributed by atoms with Crippen LogP contribution in [0.3, 0.4) is 0 Å². The number of halogens is 2. The largest absolute Gasteiger partial charge is 0.504 e. The lowest BCUT2D eigenvalue weighted by molar-refractivity contribution is 0.193. The van der Waals surface area contributed by atoms with Crippen LogP contribution in [0.25, 0.3) is 0 Å². The lowest BCUT2D eigenvalue weighted by Crippen LogP contribution is -2.07. The molecule has 0 aliphatic carbocycles. The molecule has 5 heteroatoms. The molecule has 0 saturated carbocycles. The van der Waals surface area contributed by atoms with Crippen molar-refractivity contribution in [2.24, 2.45) is 0 Å². The van der Waals surface area contributed by atoms with Gasteiger partial charge in [-0.1, -0.05) is 15.9 Å². The first-order valence-corrected chi connectivity index (χ1v) is 5.18. The van der Waals surface area contributed by atoms with Crippen LogP contribution in [0.4, 0.5) is 4.39 Å². The summed E-state index contributed by atoms with van der Waals surface area (Å²) < 4.78 is 18.9. The summed E-state index contributed by atoms with van der Waals surface area (Å²) in [6, 6.07) is 1.35. The molecule has 0 aliphatic heterocycles. The molecule has 2 N–H and O–H groups in total. The third-order valence-electron chi connectivity index (χ3n) is 1.95. The van der Waals surface area contributed by atoms with Crippen LogP contribution in [-0.2, 0) is 6.42 Å². The van der Waals surface area contributed by atoms with E-state index in [1.165, 1.54) is 13.2 Å². The van der Waals surface area contributed by atoms with E-state index >= 15 is 0 Å². The highest BCUT2D eigenvalue weighted by atomic mass is 79.9. The van der Waals surface area contributed by atoms with Crippen molar-refractivity contribution in [3.05, 3.63) is 21.9 Å². The molecule has 0 amide bonds. The summed E-state index contributed by atoms with van der Waals surface area (Å²) in [4.78, 5) is 0. The number of aliphatic hydroxyl groups is 1. The number of hydrogen-bond acceptors (Lipinski definition) is 3. The molecule has 1 rings (SSSR count). The van der Waals surface area contributed by atoms with Crippen LogP contribution in [0.2, 0.25) is 0 Å². The van der Waals surface area contributed by atoms with E-state index in [4.69, 9.17) is 4.74 Å². The van der Waals surface area contributed by atoms with Gasteiger partial charge in [0.15, 0.2) is 17.3 Å². The molecule has 0 saturated heterocycles. The Labute approximate surface area is 95.6 Å². The molecule has 1 aromatic rings. The van der Waals surface area contributed by atoms with Gasteiger partial charge in [-0.25, -0.2) is 4.39 Å². The Kier molecular flexibility index (Phi) is 3.93. The Morgan fingerprint density at radius 1 is 1.60 bits per heavy atom. The monoisotopic (exact) mass is 278 g/mol. The first kappa shape index (κ1) is 12.3. The highest BCUT2D eigenvalue weighted by Gasteiger charge is 2.18. The molecule has 0 radical (unpaired) electrons. The van der Waals surface area contributed by atoms with E-state index in [0.29, 0.717) is 10.0 Å². The Morgan fingerprint density at radius 3 is 2.67 bits per heavy atom. The molecule has 0 fully saturated rings. The van der Waals surface area contributed by atoms with Gasteiger partial charge >= 0.3 is 0 Å². The fourth-order valence-corrected chi connectivity index (χ4v) is 1.86. The fourth-order valence-electron chi connectivity index (χ4n) is 1.30. The number of phenols is 1. The van der Waals surface area contributed by atoms with Crippen molar-refractivity contribution in [2.45, 2.75) is 19.4 Å². The molecule has 0 aromatic heterocycles. The lowest BCUT2D eigenvalue weighted by Gasteiger charge is -2.12. The number of aromatic hydroxyl groups is 1. The number of ether oxygens (including phenoxy) is 1. The predicted molar refractivity (Wildman–Crippen MR) is 57.7 cm³/mol. The zero-order valence-corrected chi connectivity index (χ0v) is 10.0. The minimum atomic E-state index is -0.662. The zero-order chi connectivity index (χ0) is 11.6. The molecule has 3 nitrogen and oxygen atoms in total. The quantitative estimate of drug-likeness (QED) is 0.892. The maximum absolute atomic E-state index is 13.7. The summed E-state index contributed by atoms with van der Waals surface area (Å²) in [7, 11) is 1.28. The topological polar surface area (TPSA) is 49.7 Å². The lowest BCUT2D eigenvalue weighted by atomic mass is 10.1. The molecular weight excluding hydrogens is 267 g/mol. The van der Waals surface area contributed by atoms with Gasteiger partial charge in [-0.15, -0.1) is 0 Å². The number of methoxy groups -OCH3 is 1. The van der Waals surface area contributed by atoms with Crippen molar-refractivity contribution in [1.29, 1.82) is 0 Å². The van der Waals surface area contributed by atoms with Gasteiger partial charge in [0.1, 0.15) is 0 Å². The van der Waals surface area contributed by atoms with E-state index in [9.17, 15) is 14.6 Å². The van der Waals surface area contributed by atoms with Crippen LogP contribution in [0.5, 0.6) is 11.5 Å². The van der Waals surface area contributed by atoms with Crippen LogP contribution in [-0.4, -0.2) is 23.4 Å². The number of rotatable bonds is 3. The standard InChI is InChI=1S/C10H12BrFO3/c1-5(13)3-6-7(11)4-8(14)10(15-2)9(6)12/h4-5,13-14H,3H2,1-2H3. The van der Waals surface area contributed by atoms with E-state index in [-0.39, 0.29) is 17.9 Å². The highest BCUT2D eigenvalue weighted by Crippen LogP contribution is 2.36. The van der Waals surface area contributed by atoms with Gasteiger partial charge in [0, 0.05) is 16.5 Å². The number of aliphatic hydroxyl groups excluding tert-OH is 1. The van der Waals surface area contributed by atoms with Crippen LogP contribution in [0.1, 0.15) is 12.5 Å². The second-order valence-corrected chi connectivity index (χ2v) is 4.11. The summed E-state index contributed by atoms with van der Waals surface area (Å²) in [5.41, 5.74) is 0.291. The molecule has 0 spiro atoms. The molecular formula is C10H12BrFO3. The fraction of sp³-hybridized carbons (Fsp3) is 0.400. The summed E-state index contributed by atoms with van der Waals surface area (Å²) in [5, 5.41) is 18.6. The van der Waals surface area contributed by atoms with Crippen LogP contribution < -0.4 is 4.74 Å². The van der Waals surface area contributed by atoms with Crippen molar-refractivity contribution < 1.29 is 19.3 Å². The minimum absolute atomic E-state index is 0.156. The molecule has 1 aromatic carbocycles. The summed E-state index contributed by atoms with van der Waals surface area (Å²) in [6.07, 6.45) is -0.506. The number of benzene rings is 1. The normalized spacial score (nSPS) is 12.6. The molecule has 15 heavy (non-hydrogen) atoms. The molecule has 84 valence electrons. The number of phenolic OH excluding ortho intramolecular Hbond substituents is 1. The van der Waals surface area contributed by atoms with Gasteiger partial charge in [0.05, 0.1) is 13.2 Å². The van der Waals surface area contributed by atoms with Crippen LogP contribution in [0, 0.1) is 5.82 Å². The molecule has 1 atom stereocenters. The maximum atomic E-state index is 13.7. The van der Waals surface area contributed by atoms with E-state index < -0.39 is 11.9 Å². The van der Waals surface area contributed by atoms with Crippen molar-refractivity contribution in [1.82, 2.24) is 0 Å². The van der Waals surface area contributed by atoms with Gasteiger partial charge in [-0.3, -0.25) is 0 Å². The van der Waals surface area contributed by atoms with Gasteiger partial charge in [-0.05, 0) is 13.0 Å². The predicted octanol–water partition coefficient (Wildman–Crippen LogP) is 2.23. The van der Waals surface area contributed by atoms with Gasteiger partial charge in [-0.2, -0.15) is 0 Å². The van der Waals surface area contributed by atoms with E-state index in [2.05, 4.69) is 15.9 Å². The van der Waals surface area contributed by atoms with E-state index in [1.54, 1.807) is 6.92 Å². The average molecular weight is 279 g/mol. The Bertz CT molecular complexity index is 366. The van der Waals surface area contributed by atoms with E-state index in [1.807, 2.05) is 0 Å². The summed E-state index contributed by atoms with van der Waals surface area (Å²) in [5.74, 6) is -1.12. The molecule has 0 bridgehead atoms. The van der Waals surface area contributed by atoms with Crippen LogP contribution in [0.15, 0.2) is 10.5 Å². The summed E-state index contributed by atoms with van der Waals surface area (Å²) in [6.45, 7) is 1.56. The second-order valence-electron chi connectivity index (χ2n) is 3.26. The third-order valence-corrected chi connectivity index (χ3v) is 2.66. The van der Waals surface area contributed by atoms with Crippen molar-refractivity contribution >= 4 is 15.9 Å². The Balaban J connectivity index is 3.26. The molecule has 0 aliphatic rings. The van der Waals surface area contributed by atoms with Crippen molar-refractivity contribution in [3.63, 3.8) is 0 Å². The van der Waals surface area contributed by atoms with Gasteiger partial charge < -0.3 is 14.9 Å². The average Bonchev–Trinajstić information content (AvgIpc) is 2.12. The molecule has 1 unspecified atom stereocenters. The van der Waals surface area contributed by atoms with Gasteiger partial charge in [0.25, 0.3) is 0 Å². The first-order valence-electron chi connectivity index (χ1n) is 4.39. The van der Waals surface area contributed by atoms with Crippen molar-refractivity contribution in [2.75, 3.05) is 7.11 Å². The van der Waals surface area contributed by atoms with Crippen molar-refractivity contribution in [3.8, 4) is 11.5 Å².